The van der Waals surface area contributed by atoms with Crippen molar-refractivity contribution in [2.75, 3.05) is 0 Å². The third-order valence-corrected chi connectivity index (χ3v) is 5.06. The van der Waals surface area contributed by atoms with E-state index in [0.717, 1.165) is 41.5 Å². The number of aryl methyl sites for hydroxylation is 1. The first-order valence-electron chi connectivity index (χ1n) is 8.28. The molecule has 1 aromatic carbocycles. The number of hydrogen-bond donors (Lipinski definition) is 0. The number of thiazole rings is 1. The highest BCUT2D eigenvalue weighted by atomic mass is 35.5. The fourth-order valence-corrected chi connectivity index (χ4v) is 3.86. The van der Waals surface area contributed by atoms with Gasteiger partial charge in [-0.15, -0.1) is 11.3 Å². The molecule has 0 aliphatic rings. The number of aromatic nitrogens is 3. The van der Waals surface area contributed by atoms with Crippen LogP contribution in [0.3, 0.4) is 0 Å². The highest BCUT2D eigenvalue weighted by Crippen LogP contribution is 2.22. The van der Waals surface area contributed by atoms with Crippen LogP contribution in [0.4, 0.5) is 5.69 Å². The van der Waals surface area contributed by atoms with E-state index in [9.17, 15) is 0 Å². The van der Waals surface area contributed by atoms with Crippen molar-refractivity contribution in [1.29, 1.82) is 0 Å². The highest BCUT2D eigenvalue weighted by Gasteiger charge is 2.10. The lowest BCUT2D eigenvalue weighted by molar-refractivity contribution is 0.541. The van der Waals surface area contributed by atoms with Crippen molar-refractivity contribution >= 4 is 28.6 Å². The normalized spacial score (nSPS) is 12.0. The summed E-state index contributed by atoms with van der Waals surface area (Å²) in [4.78, 5) is 9.79. The van der Waals surface area contributed by atoms with Crippen LogP contribution in [-0.2, 0) is 13.1 Å². The van der Waals surface area contributed by atoms with Gasteiger partial charge in [-0.25, -0.2) is 9.98 Å². The molecule has 0 saturated heterocycles. The monoisotopic (exact) mass is 384 g/mol. The first-order chi connectivity index (χ1) is 12.8. The van der Waals surface area contributed by atoms with Crippen LogP contribution in [-0.4, -0.2) is 14.1 Å². The van der Waals surface area contributed by atoms with E-state index in [1.165, 1.54) is 0 Å². The molecule has 3 heterocycles. The number of rotatable bonds is 6. The molecular weight excluding hydrogens is 368 g/mol. The van der Waals surface area contributed by atoms with Crippen molar-refractivity contribution in [2.24, 2.45) is 4.99 Å². The van der Waals surface area contributed by atoms with E-state index in [-0.39, 0.29) is 0 Å². The van der Waals surface area contributed by atoms with Crippen LogP contribution < -0.4 is 4.80 Å². The Labute approximate surface area is 159 Å². The second-order valence-electron chi connectivity index (χ2n) is 5.78. The fraction of sp³-hybridized carbons (Fsp3) is 0.158. The Hall–Kier alpha value is -2.57. The second kappa shape index (κ2) is 7.76. The van der Waals surface area contributed by atoms with Gasteiger partial charge in [0.15, 0.2) is 10.6 Å². The molecule has 0 bridgehead atoms. The Balaban J connectivity index is 1.67. The summed E-state index contributed by atoms with van der Waals surface area (Å²) in [6.45, 7) is 1.73. The number of furan rings is 1. The van der Waals surface area contributed by atoms with E-state index < -0.39 is 0 Å². The molecule has 5 nitrogen and oxygen atoms in total. The van der Waals surface area contributed by atoms with Gasteiger partial charge in [0.2, 0.25) is 0 Å². The van der Waals surface area contributed by atoms with Crippen LogP contribution in [0.5, 0.6) is 0 Å². The molecule has 26 heavy (non-hydrogen) atoms. The molecule has 4 aromatic rings. The number of halogens is 1. The van der Waals surface area contributed by atoms with Gasteiger partial charge in [-0.05, 0) is 36.8 Å². The van der Waals surface area contributed by atoms with Crippen LogP contribution in [0, 0.1) is 0 Å². The van der Waals surface area contributed by atoms with Gasteiger partial charge in [-0.2, -0.15) is 0 Å². The molecular formula is C19H17ClN4OS. The zero-order chi connectivity index (χ0) is 17.8. The largest absolute Gasteiger partial charge is 0.463 e. The Bertz CT molecular complexity index is 1030. The molecule has 0 fully saturated rings. The molecule has 0 aliphatic carbocycles. The van der Waals surface area contributed by atoms with Gasteiger partial charge < -0.3 is 13.6 Å². The van der Waals surface area contributed by atoms with Crippen LogP contribution in [0.2, 0.25) is 5.02 Å². The van der Waals surface area contributed by atoms with Gasteiger partial charge in [0.05, 0.1) is 24.0 Å². The first kappa shape index (κ1) is 16.9. The van der Waals surface area contributed by atoms with Crippen molar-refractivity contribution in [1.82, 2.24) is 14.1 Å². The molecule has 0 atom stereocenters. The molecule has 132 valence electrons. The molecule has 4 rings (SSSR count). The quantitative estimate of drug-likeness (QED) is 0.470. The van der Waals surface area contributed by atoms with E-state index in [0.29, 0.717) is 5.02 Å². The summed E-state index contributed by atoms with van der Waals surface area (Å²) < 4.78 is 9.88. The maximum Gasteiger partial charge on any atom is 0.190 e. The van der Waals surface area contributed by atoms with Gasteiger partial charge in [0.25, 0.3) is 0 Å². The summed E-state index contributed by atoms with van der Waals surface area (Å²) >= 11 is 7.69. The summed E-state index contributed by atoms with van der Waals surface area (Å²) in [6, 6.07) is 11.4. The third kappa shape index (κ3) is 3.81. The van der Waals surface area contributed by atoms with Crippen molar-refractivity contribution in [3.63, 3.8) is 0 Å². The van der Waals surface area contributed by atoms with Crippen molar-refractivity contribution < 1.29 is 4.42 Å². The lowest BCUT2D eigenvalue weighted by atomic mass is 10.3. The van der Waals surface area contributed by atoms with E-state index in [1.54, 1.807) is 23.8 Å². The number of hydrogen-bond acceptors (Lipinski definition) is 4. The molecule has 0 spiro atoms. The summed E-state index contributed by atoms with van der Waals surface area (Å²) in [5.41, 5.74) is 1.88. The molecule has 0 radical (unpaired) electrons. The maximum absolute atomic E-state index is 6.09. The minimum Gasteiger partial charge on any atom is -0.463 e. The predicted octanol–water partition coefficient (Wildman–Crippen LogP) is 4.98. The van der Waals surface area contributed by atoms with E-state index in [2.05, 4.69) is 19.5 Å². The lowest BCUT2D eigenvalue weighted by Gasteiger charge is -2.08. The number of benzene rings is 1. The van der Waals surface area contributed by atoms with Crippen LogP contribution in [0.15, 0.2) is 76.2 Å². The Morgan fingerprint density at radius 1 is 1.19 bits per heavy atom. The molecule has 7 heteroatoms. The summed E-state index contributed by atoms with van der Waals surface area (Å²) in [7, 11) is 0. The average molecular weight is 385 g/mol. The van der Waals surface area contributed by atoms with Gasteiger partial charge >= 0.3 is 0 Å². The smallest absolute Gasteiger partial charge is 0.190 e. The van der Waals surface area contributed by atoms with Crippen molar-refractivity contribution in [2.45, 2.75) is 19.5 Å². The molecule has 0 amide bonds. The Morgan fingerprint density at radius 3 is 2.92 bits per heavy atom. The standard InChI is InChI=1S/C19H17ClN4OS/c20-15-4-1-5-16(12-15)22-19-24(9-3-8-23-10-7-21-14-23)17(13-26-19)18-6-2-11-25-18/h1-2,4-7,10-14H,3,8-9H2. The van der Waals surface area contributed by atoms with Gasteiger partial charge in [-0.3, -0.25) is 0 Å². The SMILES string of the molecule is Clc1cccc(N=c2scc(-c3ccco3)n2CCCn2ccnc2)c1. The van der Waals surface area contributed by atoms with E-state index in [1.807, 2.05) is 48.9 Å². The van der Waals surface area contributed by atoms with Crippen molar-refractivity contribution in [3.8, 4) is 11.5 Å². The van der Waals surface area contributed by atoms with Crippen LogP contribution in [0.25, 0.3) is 11.5 Å². The number of imidazole rings is 1. The number of nitrogens with zero attached hydrogens (tertiary/aromatic N) is 4. The molecule has 0 aliphatic heterocycles. The molecule has 3 aromatic heterocycles. The van der Waals surface area contributed by atoms with Crippen molar-refractivity contribution in [3.05, 3.63) is 76.6 Å². The molecule has 0 unspecified atom stereocenters. The Kier molecular flexibility index (Phi) is 5.04. The minimum absolute atomic E-state index is 0.681. The topological polar surface area (TPSA) is 48.2 Å². The van der Waals surface area contributed by atoms with Gasteiger partial charge in [-0.1, -0.05) is 17.7 Å². The second-order valence-corrected chi connectivity index (χ2v) is 7.05. The van der Waals surface area contributed by atoms with E-state index >= 15 is 0 Å². The summed E-state index contributed by atoms with van der Waals surface area (Å²) in [6.07, 6.45) is 8.26. The lowest BCUT2D eigenvalue weighted by Crippen LogP contribution is -2.17. The summed E-state index contributed by atoms with van der Waals surface area (Å²) in [5.74, 6) is 0.844. The third-order valence-electron chi connectivity index (χ3n) is 3.96. The predicted molar refractivity (Wildman–Crippen MR) is 104 cm³/mol. The fourth-order valence-electron chi connectivity index (χ4n) is 2.74. The minimum atomic E-state index is 0.681. The molecule has 0 saturated carbocycles. The Morgan fingerprint density at radius 2 is 2.15 bits per heavy atom. The zero-order valence-corrected chi connectivity index (χ0v) is 15.5. The summed E-state index contributed by atoms with van der Waals surface area (Å²) in [5, 5.41) is 2.76. The zero-order valence-electron chi connectivity index (χ0n) is 14.0. The highest BCUT2D eigenvalue weighted by molar-refractivity contribution is 7.07. The van der Waals surface area contributed by atoms with Crippen LogP contribution in [0.1, 0.15) is 6.42 Å². The maximum atomic E-state index is 6.09. The van der Waals surface area contributed by atoms with Crippen LogP contribution >= 0.6 is 22.9 Å². The average Bonchev–Trinajstić information content (AvgIpc) is 3.37. The van der Waals surface area contributed by atoms with Gasteiger partial charge in [0.1, 0.15) is 0 Å². The first-order valence-corrected chi connectivity index (χ1v) is 9.53. The van der Waals surface area contributed by atoms with Gasteiger partial charge in [0, 0.05) is 35.9 Å². The van der Waals surface area contributed by atoms with E-state index in [4.69, 9.17) is 21.0 Å². The molecule has 0 N–H and O–H groups in total.